The van der Waals surface area contributed by atoms with E-state index < -0.39 is 10.9 Å². The Morgan fingerprint density at radius 1 is 1.11 bits per heavy atom. The normalized spacial score (nSPS) is 12.6. The molecule has 0 atom stereocenters. The Morgan fingerprint density at radius 3 is 2.52 bits per heavy atom. The van der Waals surface area contributed by atoms with Crippen molar-refractivity contribution in [2.45, 2.75) is 6.61 Å². The van der Waals surface area contributed by atoms with E-state index in [1.165, 1.54) is 20.3 Å². The van der Waals surface area contributed by atoms with Crippen LogP contribution in [0.5, 0.6) is 11.5 Å². The maximum absolute atomic E-state index is 12.4. The third-order valence-electron chi connectivity index (χ3n) is 4.48. The number of rotatable bonds is 4. The van der Waals surface area contributed by atoms with Crippen molar-refractivity contribution in [1.82, 2.24) is 4.98 Å². The summed E-state index contributed by atoms with van der Waals surface area (Å²) in [5, 5.41) is 12.1. The number of hydrogen-bond acceptors (Lipinski definition) is 7. The SMILES string of the molecule is COc1cc2nc3c(c(-c4ccccc4[N+](=O)[O-])c2cc1OC)C(=O)OC3. The fourth-order valence-electron chi connectivity index (χ4n) is 3.30. The number of carbonyl (C=O) groups excluding carboxylic acids is 1. The molecule has 0 saturated heterocycles. The number of cyclic esters (lactones) is 1. The molecule has 0 amide bonds. The Labute approximate surface area is 153 Å². The second kappa shape index (κ2) is 6.24. The van der Waals surface area contributed by atoms with Gasteiger partial charge in [-0.05, 0) is 12.1 Å². The van der Waals surface area contributed by atoms with Gasteiger partial charge >= 0.3 is 5.97 Å². The van der Waals surface area contributed by atoms with Crippen molar-refractivity contribution in [2.75, 3.05) is 14.2 Å². The average molecular weight is 366 g/mol. The molecule has 0 fully saturated rings. The summed E-state index contributed by atoms with van der Waals surface area (Å²) in [5.74, 6) is 0.344. The van der Waals surface area contributed by atoms with Crippen molar-refractivity contribution < 1.29 is 23.9 Å². The molecule has 8 heteroatoms. The first-order valence-electron chi connectivity index (χ1n) is 8.04. The topological polar surface area (TPSA) is 101 Å². The lowest BCUT2D eigenvalue weighted by Gasteiger charge is -2.14. The summed E-state index contributed by atoms with van der Waals surface area (Å²) in [7, 11) is 3.00. The van der Waals surface area contributed by atoms with Gasteiger partial charge in [0.05, 0.1) is 41.5 Å². The predicted octanol–water partition coefficient (Wildman–Crippen LogP) is 3.50. The lowest BCUT2D eigenvalue weighted by atomic mass is 9.93. The fraction of sp³-hybridized carbons (Fsp3) is 0.158. The molecule has 0 unspecified atom stereocenters. The van der Waals surface area contributed by atoms with Crippen LogP contribution in [-0.2, 0) is 11.3 Å². The largest absolute Gasteiger partial charge is 0.493 e. The number of para-hydroxylation sites is 1. The molecule has 3 aromatic rings. The van der Waals surface area contributed by atoms with Gasteiger partial charge in [0.2, 0.25) is 0 Å². The van der Waals surface area contributed by atoms with Gasteiger partial charge in [-0.1, -0.05) is 12.1 Å². The molecule has 8 nitrogen and oxygen atoms in total. The minimum Gasteiger partial charge on any atom is -0.493 e. The molecule has 136 valence electrons. The van der Waals surface area contributed by atoms with Crippen LogP contribution >= 0.6 is 0 Å². The zero-order valence-electron chi connectivity index (χ0n) is 14.5. The van der Waals surface area contributed by atoms with Crippen molar-refractivity contribution in [3.63, 3.8) is 0 Å². The van der Waals surface area contributed by atoms with Gasteiger partial charge in [-0.25, -0.2) is 9.78 Å². The van der Waals surface area contributed by atoms with E-state index >= 15 is 0 Å². The van der Waals surface area contributed by atoms with Gasteiger partial charge in [-0.2, -0.15) is 0 Å². The Morgan fingerprint density at radius 2 is 1.81 bits per heavy atom. The highest BCUT2D eigenvalue weighted by Crippen LogP contribution is 2.43. The van der Waals surface area contributed by atoms with Crippen LogP contribution in [0.1, 0.15) is 16.1 Å². The van der Waals surface area contributed by atoms with Gasteiger partial charge in [-0.15, -0.1) is 0 Å². The highest BCUT2D eigenvalue weighted by molar-refractivity contribution is 6.10. The zero-order valence-corrected chi connectivity index (χ0v) is 14.5. The standard InChI is InChI=1S/C19H14N2O6/c1-25-15-7-11-12(8-16(15)26-2)20-13-9-27-19(22)18(13)17(11)10-5-3-4-6-14(10)21(23)24/h3-8H,9H2,1-2H3. The molecular weight excluding hydrogens is 352 g/mol. The number of aromatic nitrogens is 1. The first-order chi connectivity index (χ1) is 13.0. The highest BCUT2D eigenvalue weighted by atomic mass is 16.6. The van der Waals surface area contributed by atoms with Crippen LogP contribution < -0.4 is 9.47 Å². The highest BCUT2D eigenvalue weighted by Gasteiger charge is 2.32. The van der Waals surface area contributed by atoms with E-state index in [4.69, 9.17) is 14.2 Å². The molecule has 0 saturated carbocycles. The molecule has 0 aliphatic carbocycles. The molecule has 1 aromatic heterocycles. The minimum atomic E-state index is -0.553. The van der Waals surface area contributed by atoms with Gasteiger partial charge in [0.25, 0.3) is 5.69 Å². The number of pyridine rings is 1. The van der Waals surface area contributed by atoms with Crippen LogP contribution in [0.25, 0.3) is 22.0 Å². The first-order valence-corrected chi connectivity index (χ1v) is 8.04. The van der Waals surface area contributed by atoms with Gasteiger partial charge in [0.15, 0.2) is 11.5 Å². The van der Waals surface area contributed by atoms with Gasteiger partial charge in [0.1, 0.15) is 6.61 Å². The summed E-state index contributed by atoms with van der Waals surface area (Å²) in [4.78, 5) is 28.0. The van der Waals surface area contributed by atoms with Crippen LogP contribution in [0, 0.1) is 10.1 Å². The lowest BCUT2D eigenvalue weighted by Crippen LogP contribution is -2.03. The van der Waals surface area contributed by atoms with Crippen LogP contribution in [0.2, 0.25) is 0 Å². The number of benzene rings is 2. The number of methoxy groups -OCH3 is 2. The average Bonchev–Trinajstić information content (AvgIpc) is 3.05. The molecule has 0 N–H and O–H groups in total. The molecule has 0 bridgehead atoms. The van der Waals surface area contributed by atoms with Crippen LogP contribution in [0.3, 0.4) is 0 Å². The molecule has 27 heavy (non-hydrogen) atoms. The van der Waals surface area contributed by atoms with E-state index in [9.17, 15) is 14.9 Å². The summed E-state index contributed by atoms with van der Waals surface area (Å²) < 4.78 is 15.8. The molecule has 2 aromatic carbocycles. The van der Waals surface area contributed by atoms with E-state index in [-0.39, 0.29) is 17.9 Å². The summed E-state index contributed by atoms with van der Waals surface area (Å²) in [6, 6.07) is 9.61. The maximum Gasteiger partial charge on any atom is 0.341 e. The first kappa shape index (κ1) is 16.8. The van der Waals surface area contributed by atoms with E-state index in [2.05, 4.69) is 4.98 Å². The molecular formula is C19H14N2O6. The van der Waals surface area contributed by atoms with Crippen molar-refractivity contribution in [1.29, 1.82) is 0 Å². The minimum absolute atomic E-state index is 0.0199. The number of nitrogens with zero attached hydrogens (tertiary/aromatic N) is 2. The molecule has 4 rings (SSSR count). The fourth-order valence-corrected chi connectivity index (χ4v) is 3.30. The summed E-state index contributed by atoms with van der Waals surface area (Å²) in [6.45, 7) is 0.0199. The summed E-state index contributed by atoms with van der Waals surface area (Å²) in [6.07, 6.45) is 0. The molecule has 1 aliphatic heterocycles. The number of hydrogen-bond donors (Lipinski definition) is 0. The number of nitro benzene ring substituents is 1. The number of carbonyl (C=O) groups is 1. The Hall–Kier alpha value is -3.68. The Bertz CT molecular complexity index is 1110. The smallest absolute Gasteiger partial charge is 0.341 e. The molecule has 1 aliphatic rings. The number of esters is 1. The number of ether oxygens (including phenoxy) is 3. The van der Waals surface area contributed by atoms with E-state index in [0.717, 1.165) is 0 Å². The van der Waals surface area contributed by atoms with Crippen molar-refractivity contribution in [2.24, 2.45) is 0 Å². The van der Waals surface area contributed by atoms with E-state index in [0.29, 0.717) is 39.2 Å². The molecule has 0 radical (unpaired) electrons. The quantitative estimate of drug-likeness (QED) is 0.396. The third kappa shape index (κ3) is 2.53. The van der Waals surface area contributed by atoms with Crippen LogP contribution in [-0.4, -0.2) is 30.1 Å². The van der Waals surface area contributed by atoms with Crippen molar-refractivity contribution in [3.8, 4) is 22.6 Å². The zero-order chi connectivity index (χ0) is 19.1. The maximum atomic E-state index is 12.4. The van der Waals surface area contributed by atoms with E-state index in [1.54, 1.807) is 30.3 Å². The van der Waals surface area contributed by atoms with Crippen LogP contribution in [0.15, 0.2) is 36.4 Å². The summed E-state index contributed by atoms with van der Waals surface area (Å²) in [5.41, 5.74) is 1.82. The Kier molecular flexibility index (Phi) is 3.88. The lowest BCUT2D eigenvalue weighted by molar-refractivity contribution is -0.384. The van der Waals surface area contributed by atoms with Crippen molar-refractivity contribution >= 4 is 22.6 Å². The van der Waals surface area contributed by atoms with Crippen LogP contribution in [0.4, 0.5) is 5.69 Å². The van der Waals surface area contributed by atoms with Gasteiger partial charge in [-0.3, -0.25) is 10.1 Å². The predicted molar refractivity (Wildman–Crippen MR) is 96.1 cm³/mol. The number of fused-ring (bicyclic) bond motifs is 2. The number of nitro groups is 1. The second-order valence-corrected chi connectivity index (χ2v) is 5.88. The third-order valence-corrected chi connectivity index (χ3v) is 4.48. The van der Waals surface area contributed by atoms with Gasteiger partial charge in [0, 0.05) is 23.1 Å². The van der Waals surface area contributed by atoms with E-state index in [1.807, 2.05) is 0 Å². The summed E-state index contributed by atoms with van der Waals surface area (Å²) >= 11 is 0. The van der Waals surface area contributed by atoms with Crippen molar-refractivity contribution in [3.05, 3.63) is 57.8 Å². The van der Waals surface area contributed by atoms with Gasteiger partial charge < -0.3 is 14.2 Å². The monoisotopic (exact) mass is 366 g/mol. The Balaban J connectivity index is 2.17. The molecule has 2 heterocycles. The second-order valence-electron chi connectivity index (χ2n) is 5.88. The molecule has 0 spiro atoms.